The number of alkyl halides is 3. The number of pyridine rings is 1. The van der Waals surface area contributed by atoms with E-state index in [2.05, 4.69) is 20.7 Å². The number of nitrogens with zero attached hydrogens (tertiary/aromatic N) is 5. The molecule has 2 amide bonds. The van der Waals surface area contributed by atoms with Gasteiger partial charge in [0.05, 0.1) is 28.1 Å². The zero-order valence-electron chi connectivity index (χ0n) is 20.2. The van der Waals surface area contributed by atoms with Crippen LogP contribution >= 0.6 is 11.8 Å². The second kappa shape index (κ2) is 9.77. The summed E-state index contributed by atoms with van der Waals surface area (Å²) < 4.78 is 39.9. The highest BCUT2D eigenvalue weighted by molar-refractivity contribution is 7.99. The Morgan fingerprint density at radius 2 is 1.97 bits per heavy atom. The van der Waals surface area contributed by atoms with Crippen LogP contribution in [0.25, 0.3) is 5.82 Å². The molecule has 1 spiro atoms. The van der Waals surface area contributed by atoms with Crippen molar-refractivity contribution in [2.45, 2.75) is 24.7 Å². The third-order valence-electron chi connectivity index (χ3n) is 6.44. The van der Waals surface area contributed by atoms with Gasteiger partial charge in [-0.2, -0.15) is 40.0 Å². The Bertz CT molecular complexity index is 1420. The predicted octanol–water partition coefficient (Wildman–Crippen LogP) is 3.00. The first-order valence-corrected chi connectivity index (χ1v) is 13.0. The first kappa shape index (κ1) is 25.7. The number of nitrogens with one attached hydrogen (secondary N) is 2. The zero-order chi connectivity index (χ0) is 27.1. The van der Waals surface area contributed by atoms with Gasteiger partial charge in [-0.25, -0.2) is 4.98 Å². The fourth-order valence-electron chi connectivity index (χ4n) is 4.82. The number of nitriles is 1. The Kier molecular flexibility index (Phi) is 6.62. The number of rotatable bonds is 6. The van der Waals surface area contributed by atoms with E-state index in [1.165, 1.54) is 34.8 Å². The summed E-state index contributed by atoms with van der Waals surface area (Å²) in [5.74, 6) is 0.0710. The highest BCUT2D eigenvalue weighted by Crippen LogP contribution is 2.36. The number of hydrogen-bond acceptors (Lipinski definition) is 7. The van der Waals surface area contributed by atoms with Gasteiger partial charge in [0.25, 0.3) is 5.91 Å². The first-order chi connectivity index (χ1) is 18.1. The van der Waals surface area contributed by atoms with Gasteiger partial charge in [-0.15, -0.1) is 0 Å². The minimum absolute atomic E-state index is 0.186. The molecule has 0 aliphatic carbocycles. The molecule has 38 heavy (non-hydrogen) atoms. The van der Waals surface area contributed by atoms with Crippen molar-refractivity contribution in [3.63, 3.8) is 0 Å². The number of hydrogen-bond donors (Lipinski definition) is 2. The molecule has 13 heteroatoms. The number of thioether (sulfide) groups is 1. The van der Waals surface area contributed by atoms with Gasteiger partial charge in [0.1, 0.15) is 11.6 Å². The van der Waals surface area contributed by atoms with E-state index >= 15 is 0 Å². The molecule has 0 saturated carbocycles. The van der Waals surface area contributed by atoms with Crippen LogP contribution in [0.1, 0.15) is 32.7 Å². The van der Waals surface area contributed by atoms with Crippen LogP contribution in [0.15, 0.2) is 42.6 Å². The average Bonchev–Trinajstić information content (AvgIpc) is 3.21. The quantitative estimate of drug-likeness (QED) is 0.493. The van der Waals surface area contributed by atoms with E-state index in [1.54, 1.807) is 18.4 Å². The highest BCUT2D eigenvalue weighted by Gasteiger charge is 2.49. The summed E-state index contributed by atoms with van der Waals surface area (Å²) >= 11 is 1.34. The number of benzene rings is 1. The maximum atomic E-state index is 13.3. The molecule has 2 aromatic heterocycles. The fourth-order valence-corrected chi connectivity index (χ4v) is 5.16. The molecule has 0 unspecified atom stereocenters. The summed E-state index contributed by atoms with van der Waals surface area (Å²) in [4.78, 5) is 32.0. The van der Waals surface area contributed by atoms with E-state index in [1.807, 2.05) is 11.0 Å². The van der Waals surface area contributed by atoms with Crippen LogP contribution < -0.4 is 10.6 Å². The second-order valence-electron chi connectivity index (χ2n) is 9.33. The molecule has 4 heterocycles. The smallest absolute Gasteiger partial charge is 0.343 e. The lowest BCUT2D eigenvalue weighted by atomic mass is 9.80. The van der Waals surface area contributed by atoms with Crippen molar-refractivity contribution in [1.82, 2.24) is 25.0 Å². The molecule has 0 bridgehead atoms. The minimum atomic E-state index is -4.38. The Morgan fingerprint density at radius 1 is 1.24 bits per heavy atom. The number of likely N-dealkylation sites (tertiary alicyclic amines) is 1. The summed E-state index contributed by atoms with van der Waals surface area (Å²) in [6, 6.07) is 10.2. The van der Waals surface area contributed by atoms with E-state index in [0.717, 1.165) is 17.7 Å². The predicted molar refractivity (Wildman–Crippen MR) is 134 cm³/mol. The lowest BCUT2D eigenvalue weighted by Gasteiger charge is -2.52. The number of aromatic nitrogens is 3. The van der Waals surface area contributed by atoms with E-state index in [9.17, 15) is 22.8 Å². The zero-order valence-corrected chi connectivity index (χ0v) is 21.0. The summed E-state index contributed by atoms with van der Waals surface area (Å²) in [6.45, 7) is 1.44. The van der Waals surface area contributed by atoms with Gasteiger partial charge in [0.2, 0.25) is 5.91 Å². The van der Waals surface area contributed by atoms with Gasteiger partial charge < -0.3 is 10.6 Å². The molecule has 1 saturated heterocycles. The monoisotopic (exact) mass is 541 g/mol. The van der Waals surface area contributed by atoms with Crippen LogP contribution in [-0.2, 0) is 23.9 Å². The maximum Gasteiger partial charge on any atom is 0.416 e. The van der Waals surface area contributed by atoms with E-state index < -0.39 is 17.3 Å². The van der Waals surface area contributed by atoms with E-state index in [0.29, 0.717) is 43.1 Å². The number of fused-ring (bicyclic) bond motifs is 1. The topological polar surface area (TPSA) is 116 Å². The van der Waals surface area contributed by atoms with Crippen LogP contribution in [0.5, 0.6) is 0 Å². The number of carbonyl (C=O) groups excluding carboxylic acids is 2. The molecule has 0 radical (unpaired) electrons. The molecule has 9 nitrogen and oxygen atoms in total. The van der Waals surface area contributed by atoms with Crippen LogP contribution in [0.3, 0.4) is 0 Å². The van der Waals surface area contributed by atoms with Crippen molar-refractivity contribution in [3.05, 3.63) is 70.5 Å². The molecule has 2 N–H and O–H groups in total. The van der Waals surface area contributed by atoms with Crippen LogP contribution in [0.2, 0.25) is 0 Å². The molecule has 0 atom stereocenters. The molecular formula is C25H22F3N7O2S. The minimum Gasteiger partial charge on any atom is -0.343 e. The van der Waals surface area contributed by atoms with Crippen molar-refractivity contribution >= 4 is 29.4 Å². The van der Waals surface area contributed by atoms with Crippen LogP contribution in [0, 0.1) is 11.3 Å². The molecule has 3 aromatic rings. The molecular weight excluding hydrogens is 519 g/mol. The van der Waals surface area contributed by atoms with Gasteiger partial charge in [0.15, 0.2) is 11.6 Å². The van der Waals surface area contributed by atoms with Crippen molar-refractivity contribution in [1.29, 1.82) is 5.26 Å². The lowest BCUT2D eigenvalue weighted by Crippen LogP contribution is -2.72. The van der Waals surface area contributed by atoms with E-state index in [-0.39, 0.29) is 28.9 Å². The Hall–Kier alpha value is -3.89. The molecule has 1 fully saturated rings. The Morgan fingerprint density at radius 3 is 2.58 bits per heavy atom. The molecule has 2 aliphatic heterocycles. The highest BCUT2D eigenvalue weighted by atomic mass is 32.2. The van der Waals surface area contributed by atoms with Gasteiger partial charge in [-0.1, -0.05) is 12.1 Å². The van der Waals surface area contributed by atoms with Crippen LogP contribution in [0.4, 0.5) is 19.0 Å². The molecule has 1 aromatic carbocycles. The normalized spacial score (nSPS) is 16.3. The van der Waals surface area contributed by atoms with Gasteiger partial charge in [-0.05, 0) is 36.1 Å². The Labute approximate surface area is 220 Å². The summed E-state index contributed by atoms with van der Waals surface area (Å²) in [7, 11) is 0. The van der Waals surface area contributed by atoms with Crippen molar-refractivity contribution < 1.29 is 22.8 Å². The van der Waals surface area contributed by atoms with Crippen molar-refractivity contribution in [2.75, 3.05) is 30.4 Å². The van der Waals surface area contributed by atoms with Crippen molar-refractivity contribution in [2.24, 2.45) is 0 Å². The lowest BCUT2D eigenvalue weighted by molar-refractivity contribution is -0.137. The van der Waals surface area contributed by atoms with Gasteiger partial charge >= 0.3 is 6.18 Å². The Balaban J connectivity index is 1.37. The summed E-state index contributed by atoms with van der Waals surface area (Å²) in [6.07, 6.45) is -0.797. The third kappa shape index (κ3) is 4.97. The SMILES string of the molecule is CSCC(=O)Nc1c2c(nn1-c1ccc(C#N)cn1)CC1(CN(Cc3ccc(C(F)(F)F)cc3)C1)NC2=O. The molecule has 196 valence electrons. The summed E-state index contributed by atoms with van der Waals surface area (Å²) in [5, 5.41) is 19.5. The largest absolute Gasteiger partial charge is 0.416 e. The number of halogens is 3. The van der Waals surface area contributed by atoms with Gasteiger partial charge in [0, 0.05) is 32.3 Å². The number of anilines is 1. The third-order valence-corrected chi connectivity index (χ3v) is 6.99. The van der Waals surface area contributed by atoms with Crippen LogP contribution in [-0.4, -0.2) is 62.1 Å². The second-order valence-corrected chi connectivity index (χ2v) is 10.2. The molecule has 2 aliphatic rings. The fraction of sp³-hybridized carbons (Fsp3) is 0.320. The summed E-state index contributed by atoms with van der Waals surface area (Å²) in [5.41, 5.74) is 0.601. The van der Waals surface area contributed by atoms with Crippen molar-refractivity contribution in [3.8, 4) is 11.9 Å². The maximum absolute atomic E-state index is 13.3. The van der Waals surface area contributed by atoms with E-state index in [4.69, 9.17) is 5.26 Å². The standard InChI is InChI=1S/C25H22F3N7O2S/c1-38-12-20(36)31-22-21-18(33-35(22)19-7-4-16(9-29)10-30-19)8-24(32-23(21)37)13-34(14-24)11-15-2-5-17(6-3-15)25(26,27)28/h2-7,10H,8,11-14H2,1H3,(H,31,36)(H,32,37). The van der Waals surface area contributed by atoms with Gasteiger partial charge in [-0.3, -0.25) is 14.5 Å². The first-order valence-electron chi connectivity index (χ1n) is 11.6. The average molecular weight is 542 g/mol. The number of amides is 2. The number of carbonyl (C=O) groups is 2. The molecule has 5 rings (SSSR count).